The molecular formula is C18H22N4O3S. The van der Waals surface area contributed by atoms with E-state index in [0.717, 1.165) is 10.7 Å². The summed E-state index contributed by atoms with van der Waals surface area (Å²) in [6.07, 6.45) is 0. The number of carbonyl (C=O) groups excluding carboxylic acids is 2. The maximum Gasteiger partial charge on any atom is 0.243 e. The van der Waals surface area contributed by atoms with Crippen molar-refractivity contribution in [2.24, 2.45) is 0 Å². The number of amides is 2. The number of likely N-dealkylation sites (N-methyl/N-ethyl adjacent to an activating group) is 1. The van der Waals surface area contributed by atoms with Crippen molar-refractivity contribution in [2.75, 3.05) is 31.8 Å². The zero-order chi connectivity index (χ0) is 19.1. The van der Waals surface area contributed by atoms with Crippen LogP contribution in [-0.4, -0.2) is 53.1 Å². The lowest BCUT2D eigenvalue weighted by Gasteiger charge is -2.16. The Labute approximate surface area is 157 Å². The first-order valence-corrected chi connectivity index (χ1v) is 8.99. The van der Waals surface area contributed by atoms with E-state index in [-0.39, 0.29) is 24.1 Å². The summed E-state index contributed by atoms with van der Waals surface area (Å²) in [4.78, 5) is 34.2. The number of rotatable bonds is 7. The highest BCUT2D eigenvalue weighted by Gasteiger charge is 2.14. The molecule has 138 valence electrons. The van der Waals surface area contributed by atoms with E-state index in [0.29, 0.717) is 17.3 Å². The minimum atomic E-state index is -0.271. The molecule has 2 rings (SSSR count). The van der Waals surface area contributed by atoms with Crippen LogP contribution in [0.2, 0.25) is 0 Å². The average Bonchev–Trinajstić information content (AvgIpc) is 2.58. The molecule has 2 amide bonds. The van der Waals surface area contributed by atoms with Gasteiger partial charge in [-0.1, -0.05) is 17.8 Å². The van der Waals surface area contributed by atoms with Crippen molar-refractivity contribution >= 4 is 29.3 Å². The molecule has 0 spiro atoms. The molecule has 0 bridgehead atoms. The number of anilines is 1. The fourth-order valence-corrected chi connectivity index (χ4v) is 3.15. The first-order chi connectivity index (χ1) is 12.4. The third kappa shape index (κ3) is 6.03. The number of nitrogens with zero attached hydrogens (tertiary/aromatic N) is 3. The minimum Gasteiger partial charge on any atom is -0.497 e. The number of hydrogen-bond donors (Lipinski definition) is 1. The van der Waals surface area contributed by atoms with Crippen molar-refractivity contribution in [1.29, 1.82) is 0 Å². The smallest absolute Gasteiger partial charge is 0.243 e. The van der Waals surface area contributed by atoms with Gasteiger partial charge in [0.1, 0.15) is 16.6 Å². The lowest BCUT2D eigenvalue weighted by molar-refractivity contribution is -0.131. The molecule has 0 aliphatic rings. The van der Waals surface area contributed by atoms with Crippen LogP contribution < -0.4 is 10.1 Å². The normalized spacial score (nSPS) is 10.3. The number of methoxy groups -OCH3 is 1. The average molecular weight is 374 g/mol. The molecule has 0 saturated carbocycles. The highest BCUT2D eigenvalue weighted by Crippen LogP contribution is 2.18. The van der Waals surface area contributed by atoms with Crippen molar-refractivity contribution in [2.45, 2.75) is 18.9 Å². The van der Waals surface area contributed by atoms with Crippen LogP contribution in [0.1, 0.15) is 11.5 Å². The zero-order valence-electron chi connectivity index (χ0n) is 15.3. The van der Waals surface area contributed by atoms with Crippen molar-refractivity contribution < 1.29 is 14.3 Å². The second-order valence-electron chi connectivity index (χ2n) is 5.71. The third-order valence-electron chi connectivity index (χ3n) is 3.45. The highest BCUT2D eigenvalue weighted by molar-refractivity contribution is 7.99. The van der Waals surface area contributed by atoms with Crippen molar-refractivity contribution in [3.05, 3.63) is 41.9 Å². The van der Waals surface area contributed by atoms with Gasteiger partial charge in [-0.05, 0) is 32.0 Å². The van der Waals surface area contributed by atoms with Gasteiger partial charge < -0.3 is 15.0 Å². The van der Waals surface area contributed by atoms with Gasteiger partial charge in [-0.25, -0.2) is 9.97 Å². The van der Waals surface area contributed by atoms with Gasteiger partial charge in [0.2, 0.25) is 11.8 Å². The molecule has 0 atom stereocenters. The van der Waals surface area contributed by atoms with E-state index in [1.54, 1.807) is 38.4 Å². The number of thioether (sulfide) groups is 1. The second-order valence-corrected chi connectivity index (χ2v) is 6.71. The SMILES string of the molecule is COc1cccc(NC(=O)CN(C)C(=O)CSc2cc(C)nc(C)n2)c1. The molecule has 26 heavy (non-hydrogen) atoms. The van der Waals surface area contributed by atoms with Gasteiger partial charge in [0, 0.05) is 24.5 Å². The number of aryl methyl sites for hydroxylation is 2. The molecule has 0 unspecified atom stereocenters. The van der Waals surface area contributed by atoms with Crippen molar-refractivity contribution in [3.63, 3.8) is 0 Å². The summed E-state index contributed by atoms with van der Waals surface area (Å²) in [7, 11) is 3.16. The predicted molar refractivity (Wildman–Crippen MR) is 101 cm³/mol. The Hall–Kier alpha value is -2.61. The summed E-state index contributed by atoms with van der Waals surface area (Å²) in [6, 6.07) is 8.89. The van der Waals surface area contributed by atoms with Crippen LogP contribution in [0, 0.1) is 13.8 Å². The van der Waals surface area contributed by atoms with E-state index in [2.05, 4.69) is 15.3 Å². The molecule has 0 aliphatic carbocycles. The maximum atomic E-state index is 12.2. The molecule has 8 heteroatoms. The van der Waals surface area contributed by atoms with E-state index >= 15 is 0 Å². The summed E-state index contributed by atoms with van der Waals surface area (Å²) < 4.78 is 5.12. The Morgan fingerprint density at radius 1 is 1.23 bits per heavy atom. The van der Waals surface area contributed by atoms with Gasteiger partial charge in [-0.3, -0.25) is 9.59 Å². The van der Waals surface area contributed by atoms with Gasteiger partial charge in [0.05, 0.1) is 19.4 Å². The largest absolute Gasteiger partial charge is 0.497 e. The number of nitrogens with one attached hydrogen (secondary N) is 1. The Morgan fingerprint density at radius 3 is 2.69 bits per heavy atom. The molecule has 7 nitrogen and oxygen atoms in total. The Morgan fingerprint density at radius 2 is 2.00 bits per heavy atom. The standard InChI is InChI=1S/C18H22N4O3S/c1-12-8-17(20-13(2)19-12)26-11-18(24)22(3)10-16(23)21-14-6-5-7-15(9-14)25-4/h5-9H,10-11H2,1-4H3,(H,21,23). The Kier molecular flexibility index (Phi) is 6.97. The molecule has 1 heterocycles. The highest BCUT2D eigenvalue weighted by atomic mass is 32.2. The molecule has 0 radical (unpaired) electrons. The lowest BCUT2D eigenvalue weighted by Crippen LogP contribution is -2.35. The predicted octanol–water partition coefficient (Wildman–Crippen LogP) is 2.29. The minimum absolute atomic E-state index is 0.0293. The summed E-state index contributed by atoms with van der Waals surface area (Å²) in [5, 5.41) is 3.50. The van der Waals surface area contributed by atoms with Crippen LogP contribution in [0.4, 0.5) is 5.69 Å². The lowest BCUT2D eigenvalue weighted by atomic mass is 10.3. The van der Waals surface area contributed by atoms with E-state index < -0.39 is 0 Å². The molecule has 0 saturated heterocycles. The summed E-state index contributed by atoms with van der Waals surface area (Å²) in [5.74, 6) is 1.11. The third-order valence-corrected chi connectivity index (χ3v) is 4.34. The van der Waals surface area contributed by atoms with Gasteiger partial charge >= 0.3 is 0 Å². The van der Waals surface area contributed by atoms with Crippen LogP contribution in [0.25, 0.3) is 0 Å². The molecular weight excluding hydrogens is 352 g/mol. The van der Waals surface area contributed by atoms with Gasteiger partial charge in [0.25, 0.3) is 0 Å². The number of ether oxygens (including phenoxy) is 1. The van der Waals surface area contributed by atoms with Crippen LogP contribution >= 0.6 is 11.8 Å². The fraction of sp³-hybridized carbons (Fsp3) is 0.333. The Balaban J connectivity index is 1.84. The fourth-order valence-electron chi connectivity index (χ4n) is 2.21. The maximum absolute atomic E-state index is 12.2. The molecule has 1 aromatic carbocycles. The zero-order valence-corrected chi connectivity index (χ0v) is 16.1. The first kappa shape index (κ1) is 19.7. The van der Waals surface area contributed by atoms with Crippen molar-refractivity contribution in [1.82, 2.24) is 14.9 Å². The molecule has 0 fully saturated rings. The number of aromatic nitrogens is 2. The number of benzene rings is 1. The second kappa shape index (κ2) is 9.19. The van der Waals surface area contributed by atoms with Crippen LogP contribution in [0.5, 0.6) is 5.75 Å². The van der Waals surface area contributed by atoms with Crippen LogP contribution in [-0.2, 0) is 9.59 Å². The van der Waals surface area contributed by atoms with Crippen molar-refractivity contribution in [3.8, 4) is 5.75 Å². The van der Waals surface area contributed by atoms with E-state index in [1.165, 1.54) is 16.7 Å². The molecule has 1 aromatic heterocycles. The summed E-state index contributed by atoms with van der Waals surface area (Å²) in [6.45, 7) is 3.67. The van der Waals surface area contributed by atoms with Gasteiger partial charge in [0.15, 0.2) is 0 Å². The monoisotopic (exact) mass is 374 g/mol. The summed E-state index contributed by atoms with van der Waals surface area (Å²) in [5.41, 5.74) is 1.48. The van der Waals surface area contributed by atoms with Crippen LogP contribution in [0.15, 0.2) is 35.4 Å². The van der Waals surface area contributed by atoms with E-state index in [9.17, 15) is 9.59 Å². The van der Waals surface area contributed by atoms with Crippen LogP contribution in [0.3, 0.4) is 0 Å². The molecule has 0 aliphatic heterocycles. The molecule has 1 N–H and O–H groups in total. The van der Waals surface area contributed by atoms with E-state index in [4.69, 9.17) is 4.74 Å². The quantitative estimate of drug-likeness (QED) is 0.591. The first-order valence-electron chi connectivity index (χ1n) is 8.00. The topological polar surface area (TPSA) is 84.4 Å². The summed E-state index contributed by atoms with van der Waals surface area (Å²) >= 11 is 1.33. The van der Waals surface area contributed by atoms with E-state index in [1.807, 2.05) is 19.9 Å². The Bertz CT molecular complexity index is 778. The van der Waals surface area contributed by atoms with Gasteiger partial charge in [-0.15, -0.1) is 0 Å². The number of carbonyl (C=O) groups is 2. The number of hydrogen-bond acceptors (Lipinski definition) is 6. The van der Waals surface area contributed by atoms with Gasteiger partial charge in [-0.2, -0.15) is 0 Å². The molecule has 2 aromatic rings.